The lowest BCUT2D eigenvalue weighted by atomic mass is 10.1. The summed E-state index contributed by atoms with van der Waals surface area (Å²) in [5.41, 5.74) is 0.892. The lowest BCUT2D eigenvalue weighted by Gasteiger charge is -2.05. The SMILES string of the molecule is Cc1nc(Sc2nc3ccccc3cc2C(=O)O)n[nH]1. The Hall–Kier alpha value is -2.41. The van der Waals surface area contributed by atoms with Crippen molar-refractivity contribution in [1.82, 2.24) is 20.2 Å². The number of aromatic amines is 1. The normalized spacial score (nSPS) is 10.8. The van der Waals surface area contributed by atoms with Crippen LogP contribution in [0.3, 0.4) is 0 Å². The van der Waals surface area contributed by atoms with Crippen molar-refractivity contribution >= 4 is 28.6 Å². The molecule has 0 unspecified atom stereocenters. The first-order valence-electron chi connectivity index (χ1n) is 5.83. The molecule has 100 valence electrons. The zero-order chi connectivity index (χ0) is 14.1. The molecular weight excluding hydrogens is 276 g/mol. The maximum atomic E-state index is 11.4. The Morgan fingerprint density at radius 1 is 1.30 bits per heavy atom. The smallest absolute Gasteiger partial charge is 0.338 e. The second-order valence-electron chi connectivity index (χ2n) is 4.14. The van der Waals surface area contributed by atoms with Crippen LogP contribution < -0.4 is 0 Å². The first kappa shape index (κ1) is 12.6. The number of carbonyl (C=O) groups is 1. The van der Waals surface area contributed by atoms with E-state index in [1.54, 1.807) is 13.0 Å². The lowest BCUT2D eigenvalue weighted by Crippen LogP contribution is -2.01. The average molecular weight is 286 g/mol. The highest BCUT2D eigenvalue weighted by atomic mass is 32.2. The lowest BCUT2D eigenvalue weighted by molar-refractivity contribution is 0.0692. The summed E-state index contributed by atoms with van der Waals surface area (Å²) in [6.45, 7) is 1.78. The van der Waals surface area contributed by atoms with Crippen LogP contribution in [-0.4, -0.2) is 31.2 Å². The summed E-state index contributed by atoms with van der Waals surface area (Å²) in [5, 5.41) is 17.6. The molecule has 0 aliphatic heterocycles. The van der Waals surface area contributed by atoms with Crippen LogP contribution in [0.5, 0.6) is 0 Å². The maximum absolute atomic E-state index is 11.4. The van der Waals surface area contributed by atoms with E-state index < -0.39 is 5.97 Å². The van der Waals surface area contributed by atoms with E-state index in [2.05, 4.69) is 20.2 Å². The Balaban J connectivity index is 2.11. The van der Waals surface area contributed by atoms with Crippen molar-refractivity contribution < 1.29 is 9.90 Å². The molecule has 0 radical (unpaired) electrons. The summed E-state index contributed by atoms with van der Waals surface area (Å²) < 4.78 is 0. The molecule has 20 heavy (non-hydrogen) atoms. The van der Waals surface area contributed by atoms with Crippen LogP contribution in [0.4, 0.5) is 0 Å². The quantitative estimate of drug-likeness (QED) is 0.768. The summed E-state index contributed by atoms with van der Waals surface area (Å²) in [4.78, 5) is 19.9. The third-order valence-electron chi connectivity index (χ3n) is 2.68. The number of aromatic nitrogens is 4. The van der Waals surface area contributed by atoms with E-state index in [4.69, 9.17) is 0 Å². The Labute approximate surface area is 118 Å². The number of carboxylic acid groups (broad SMARTS) is 1. The fourth-order valence-electron chi connectivity index (χ4n) is 1.78. The van der Waals surface area contributed by atoms with Gasteiger partial charge in [-0.15, -0.1) is 5.10 Å². The van der Waals surface area contributed by atoms with Crippen LogP contribution in [0.1, 0.15) is 16.2 Å². The van der Waals surface area contributed by atoms with E-state index in [0.29, 0.717) is 16.0 Å². The number of carboxylic acids is 1. The minimum Gasteiger partial charge on any atom is -0.478 e. The molecule has 0 atom stereocenters. The molecule has 2 heterocycles. The molecular formula is C13H10N4O2S. The highest BCUT2D eigenvalue weighted by molar-refractivity contribution is 7.99. The molecule has 0 saturated heterocycles. The molecule has 0 fully saturated rings. The molecule has 0 amide bonds. The topological polar surface area (TPSA) is 91.8 Å². The van der Waals surface area contributed by atoms with Crippen molar-refractivity contribution in [2.24, 2.45) is 0 Å². The number of benzene rings is 1. The Kier molecular flexibility index (Phi) is 3.11. The van der Waals surface area contributed by atoms with Crippen LogP contribution in [0.2, 0.25) is 0 Å². The van der Waals surface area contributed by atoms with Crippen molar-refractivity contribution in [3.05, 3.63) is 41.7 Å². The first-order chi connectivity index (χ1) is 9.63. The number of nitrogens with one attached hydrogen (secondary N) is 1. The van der Waals surface area contributed by atoms with E-state index in [-0.39, 0.29) is 5.56 Å². The minimum absolute atomic E-state index is 0.149. The monoisotopic (exact) mass is 286 g/mol. The number of aryl methyl sites for hydroxylation is 1. The van der Waals surface area contributed by atoms with Gasteiger partial charge in [-0.05, 0) is 30.8 Å². The number of fused-ring (bicyclic) bond motifs is 1. The molecule has 6 nitrogen and oxygen atoms in total. The van der Waals surface area contributed by atoms with Gasteiger partial charge in [0.15, 0.2) is 0 Å². The zero-order valence-corrected chi connectivity index (χ0v) is 11.3. The number of para-hydroxylation sites is 1. The largest absolute Gasteiger partial charge is 0.478 e. The molecule has 0 aliphatic rings. The third-order valence-corrected chi connectivity index (χ3v) is 3.55. The van der Waals surface area contributed by atoms with Crippen LogP contribution in [0.15, 0.2) is 40.5 Å². The second-order valence-corrected chi connectivity index (χ2v) is 5.10. The molecule has 0 spiro atoms. The van der Waals surface area contributed by atoms with Crippen molar-refractivity contribution in [2.45, 2.75) is 17.1 Å². The number of nitrogens with zero attached hydrogens (tertiary/aromatic N) is 3. The third kappa shape index (κ3) is 2.35. The van der Waals surface area contributed by atoms with Gasteiger partial charge in [-0.25, -0.2) is 14.8 Å². The summed E-state index contributed by atoms with van der Waals surface area (Å²) >= 11 is 1.13. The van der Waals surface area contributed by atoms with Crippen molar-refractivity contribution in [3.63, 3.8) is 0 Å². The van der Waals surface area contributed by atoms with Gasteiger partial charge in [-0.2, -0.15) is 0 Å². The number of hydrogen-bond donors (Lipinski definition) is 2. The van der Waals surface area contributed by atoms with Gasteiger partial charge in [0.05, 0.1) is 11.1 Å². The standard InChI is InChI=1S/C13H10N4O2S/c1-7-14-13(17-16-7)20-11-9(12(18)19)6-8-4-2-3-5-10(8)15-11/h2-6H,1H3,(H,18,19)(H,14,16,17). The predicted molar refractivity (Wildman–Crippen MR) is 73.9 cm³/mol. The zero-order valence-electron chi connectivity index (χ0n) is 10.5. The van der Waals surface area contributed by atoms with Gasteiger partial charge < -0.3 is 5.11 Å². The molecule has 0 saturated carbocycles. The number of aromatic carboxylic acids is 1. The molecule has 2 N–H and O–H groups in total. The summed E-state index contributed by atoms with van der Waals surface area (Å²) in [6.07, 6.45) is 0. The van der Waals surface area contributed by atoms with Gasteiger partial charge in [0, 0.05) is 5.39 Å². The molecule has 3 rings (SSSR count). The molecule has 3 aromatic rings. The average Bonchev–Trinajstić information content (AvgIpc) is 2.83. The number of pyridine rings is 1. The van der Waals surface area contributed by atoms with E-state index >= 15 is 0 Å². The highest BCUT2D eigenvalue weighted by Crippen LogP contribution is 2.28. The van der Waals surface area contributed by atoms with E-state index in [1.165, 1.54) is 0 Å². The van der Waals surface area contributed by atoms with Gasteiger partial charge in [0.2, 0.25) is 5.16 Å². The molecule has 0 aliphatic carbocycles. The van der Waals surface area contributed by atoms with Crippen molar-refractivity contribution in [1.29, 1.82) is 0 Å². The fraction of sp³-hybridized carbons (Fsp3) is 0.0769. The van der Waals surface area contributed by atoms with Crippen LogP contribution in [0, 0.1) is 6.92 Å². The van der Waals surface area contributed by atoms with E-state index in [9.17, 15) is 9.90 Å². The van der Waals surface area contributed by atoms with Gasteiger partial charge in [0.1, 0.15) is 10.9 Å². The Morgan fingerprint density at radius 2 is 2.10 bits per heavy atom. The second kappa shape index (κ2) is 4.93. The van der Waals surface area contributed by atoms with Crippen LogP contribution >= 0.6 is 11.8 Å². The summed E-state index contributed by atoms with van der Waals surface area (Å²) in [6, 6.07) is 9.00. The first-order valence-corrected chi connectivity index (χ1v) is 6.65. The van der Waals surface area contributed by atoms with E-state index in [1.807, 2.05) is 24.3 Å². The predicted octanol–water partition coefficient (Wildman–Crippen LogP) is 2.51. The number of rotatable bonds is 3. The van der Waals surface area contributed by atoms with Crippen LogP contribution in [0.25, 0.3) is 10.9 Å². The maximum Gasteiger partial charge on any atom is 0.338 e. The molecule has 7 heteroatoms. The summed E-state index contributed by atoms with van der Waals surface area (Å²) in [5.74, 6) is -0.344. The molecule has 2 aromatic heterocycles. The number of hydrogen-bond acceptors (Lipinski definition) is 5. The number of H-pyrrole nitrogens is 1. The van der Waals surface area contributed by atoms with Crippen LogP contribution in [-0.2, 0) is 0 Å². The van der Waals surface area contributed by atoms with Crippen molar-refractivity contribution in [2.75, 3.05) is 0 Å². The Bertz CT molecular complexity index is 800. The van der Waals surface area contributed by atoms with Gasteiger partial charge in [-0.1, -0.05) is 18.2 Å². The van der Waals surface area contributed by atoms with Gasteiger partial charge in [0.25, 0.3) is 0 Å². The van der Waals surface area contributed by atoms with Crippen molar-refractivity contribution in [3.8, 4) is 0 Å². The molecule has 0 bridgehead atoms. The highest BCUT2D eigenvalue weighted by Gasteiger charge is 2.16. The Morgan fingerprint density at radius 3 is 2.80 bits per heavy atom. The molecule has 1 aromatic carbocycles. The minimum atomic E-state index is -1.02. The summed E-state index contributed by atoms with van der Waals surface area (Å²) in [7, 11) is 0. The van der Waals surface area contributed by atoms with E-state index in [0.717, 1.165) is 22.7 Å². The van der Waals surface area contributed by atoms with Gasteiger partial charge in [-0.3, -0.25) is 5.10 Å². The van der Waals surface area contributed by atoms with Gasteiger partial charge >= 0.3 is 5.97 Å². The fourth-order valence-corrected chi connectivity index (χ4v) is 2.63.